The van der Waals surface area contributed by atoms with Crippen molar-refractivity contribution in [3.8, 4) is 11.6 Å². The van der Waals surface area contributed by atoms with Gasteiger partial charge in [0, 0.05) is 11.5 Å². The number of rotatable bonds is 2. The highest BCUT2D eigenvalue weighted by Crippen LogP contribution is 2.28. The molecule has 0 spiro atoms. The van der Waals surface area contributed by atoms with Gasteiger partial charge in [-0.3, -0.25) is 0 Å². The summed E-state index contributed by atoms with van der Waals surface area (Å²) in [5.41, 5.74) is 7.88. The fraction of sp³-hybridized carbons (Fsp3) is 0.375. The van der Waals surface area contributed by atoms with Crippen LogP contribution in [0.4, 0.5) is 5.82 Å². The maximum Gasteiger partial charge on any atom is 0.224 e. The first-order valence-electron chi connectivity index (χ1n) is 6.66. The average molecular weight is 271 g/mol. The SMILES string of the molecule is Cc1ccc(C)c(Oc2cc(N)nc(C(C)(C)C)n2)c1. The number of aromatic nitrogens is 2. The second kappa shape index (κ2) is 5.12. The molecule has 2 aromatic rings. The lowest BCUT2D eigenvalue weighted by atomic mass is 9.96. The third-order valence-corrected chi connectivity index (χ3v) is 2.95. The van der Waals surface area contributed by atoms with Crippen LogP contribution < -0.4 is 10.5 Å². The Balaban J connectivity index is 2.39. The van der Waals surface area contributed by atoms with E-state index in [9.17, 15) is 0 Å². The van der Waals surface area contributed by atoms with Crippen molar-refractivity contribution in [3.05, 3.63) is 41.2 Å². The zero-order valence-corrected chi connectivity index (χ0v) is 12.7. The van der Waals surface area contributed by atoms with E-state index < -0.39 is 0 Å². The van der Waals surface area contributed by atoms with Crippen molar-refractivity contribution >= 4 is 5.82 Å². The highest BCUT2D eigenvalue weighted by Gasteiger charge is 2.19. The van der Waals surface area contributed by atoms with Crippen LogP contribution in [0.25, 0.3) is 0 Å². The lowest BCUT2D eigenvalue weighted by Gasteiger charge is -2.18. The molecule has 2 rings (SSSR count). The van der Waals surface area contributed by atoms with Crippen LogP contribution in [0.1, 0.15) is 37.7 Å². The molecule has 4 heteroatoms. The Morgan fingerprint density at radius 2 is 1.75 bits per heavy atom. The van der Waals surface area contributed by atoms with Crippen LogP contribution in [0.3, 0.4) is 0 Å². The molecule has 0 fully saturated rings. The molecule has 1 aromatic carbocycles. The minimum atomic E-state index is -0.171. The molecular formula is C16H21N3O. The van der Waals surface area contributed by atoms with Crippen molar-refractivity contribution in [3.63, 3.8) is 0 Å². The lowest BCUT2D eigenvalue weighted by Crippen LogP contribution is -2.17. The number of hydrogen-bond acceptors (Lipinski definition) is 4. The fourth-order valence-electron chi connectivity index (χ4n) is 1.76. The first-order chi connectivity index (χ1) is 9.25. The Morgan fingerprint density at radius 1 is 1.05 bits per heavy atom. The number of hydrogen-bond donors (Lipinski definition) is 1. The van der Waals surface area contributed by atoms with E-state index in [0.717, 1.165) is 16.9 Å². The van der Waals surface area contributed by atoms with Crippen LogP contribution in [-0.2, 0) is 5.41 Å². The number of nitrogens with two attached hydrogens (primary N) is 1. The van der Waals surface area contributed by atoms with Crippen molar-refractivity contribution in [1.29, 1.82) is 0 Å². The van der Waals surface area contributed by atoms with Gasteiger partial charge in [0.15, 0.2) is 0 Å². The summed E-state index contributed by atoms with van der Waals surface area (Å²) in [5.74, 6) is 2.38. The topological polar surface area (TPSA) is 61.0 Å². The molecule has 1 aromatic heterocycles. The largest absolute Gasteiger partial charge is 0.439 e. The van der Waals surface area contributed by atoms with Gasteiger partial charge < -0.3 is 10.5 Å². The summed E-state index contributed by atoms with van der Waals surface area (Å²) in [5, 5.41) is 0. The van der Waals surface area contributed by atoms with Crippen LogP contribution in [0.15, 0.2) is 24.3 Å². The van der Waals surface area contributed by atoms with E-state index in [1.165, 1.54) is 0 Å². The van der Waals surface area contributed by atoms with Gasteiger partial charge in [0.1, 0.15) is 17.4 Å². The van der Waals surface area contributed by atoms with E-state index >= 15 is 0 Å². The van der Waals surface area contributed by atoms with E-state index in [2.05, 4.69) is 16.0 Å². The van der Waals surface area contributed by atoms with E-state index in [4.69, 9.17) is 10.5 Å². The van der Waals surface area contributed by atoms with E-state index in [1.54, 1.807) is 6.07 Å². The van der Waals surface area contributed by atoms with Crippen LogP contribution in [0, 0.1) is 13.8 Å². The highest BCUT2D eigenvalue weighted by molar-refractivity contribution is 5.41. The third-order valence-electron chi connectivity index (χ3n) is 2.95. The zero-order valence-electron chi connectivity index (χ0n) is 12.7. The molecule has 0 unspecified atom stereocenters. The number of nitrogens with zero attached hydrogens (tertiary/aromatic N) is 2. The van der Waals surface area contributed by atoms with Crippen LogP contribution >= 0.6 is 0 Å². The molecule has 0 amide bonds. The first kappa shape index (κ1) is 14.3. The van der Waals surface area contributed by atoms with Gasteiger partial charge >= 0.3 is 0 Å². The molecule has 0 aliphatic rings. The quantitative estimate of drug-likeness (QED) is 0.903. The smallest absolute Gasteiger partial charge is 0.224 e. The summed E-state index contributed by atoms with van der Waals surface area (Å²) >= 11 is 0. The zero-order chi connectivity index (χ0) is 14.9. The van der Waals surface area contributed by atoms with Gasteiger partial charge in [0.2, 0.25) is 5.88 Å². The number of nitrogen functional groups attached to an aromatic ring is 1. The first-order valence-corrected chi connectivity index (χ1v) is 6.66. The number of benzene rings is 1. The standard InChI is InChI=1S/C16H21N3O/c1-10-6-7-11(2)12(8-10)20-14-9-13(17)18-15(19-14)16(3,4)5/h6-9H,1-5H3,(H2,17,18,19). The summed E-state index contributed by atoms with van der Waals surface area (Å²) in [4.78, 5) is 8.73. The predicted molar refractivity (Wildman–Crippen MR) is 81.1 cm³/mol. The monoisotopic (exact) mass is 271 g/mol. The number of anilines is 1. The molecule has 4 nitrogen and oxygen atoms in total. The number of aryl methyl sites for hydroxylation is 2. The summed E-state index contributed by atoms with van der Waals surface area (Å²) in [6.07, 6.45) is 0. The minimum Gasteiger partial charge on any atom is -0.439 e. The second-order valence-electron chi connectivity index (χ2n) is 6.08. The Labute approximate surface area is 120 Å². The minimum absolute atomic E-state index is 0.171. The van der Waals surface area contributed by atoms with Gasteiger partial charge in [-0.1, -0.05) is 32.9 Å². The molecule has 0 radical (unpaired) electrons. The summed E-state index contributed by atoms with van der Waals surface area (Å²) in [6, 6.07) is 7.72. The molecule has 1 heterocycles. The molecule has 2 N–H and O–H groups in total. The van der Waals surface area contributed by atoms with Gasteiger partial charge in [-0.05, 0) is 31.0 Å². The Hall–Kier alpha value is -2.10. The number of ether oxygens (including phenoxy) is 1. The third kappa shape index (κ3) is 3.26. The van der Waals surface area contributed by atoms with Crippen molar-refractivity contribution in [1.82, 2.24) is 9.97 Å². The van der Waals surface area contributed by atoms with Gasteiger partial charge in [-0.2, -0.15) is 4.98 Å². The van der Waals surface area contributed by atoms with Gasteiger partial charge in [-0.25, -0.2) is 4.98 Å². The average Bonchev–Trinajstić information content (AvgIpc) is 2.32. The molecule has 0 atom stereocenters. The van der Waals surface area contributed by atoms with Crippen molar-refractivity contribution in [2.24, 2.45) is 0 Å². The van der Waals surface area contributed by atoms with Crippen molar-refractivity contribution in [2.45, 2.75) is 40.0 Å². The summed E-state index contributed by atoms with van der Waals surface area (Å²) in [6.45, 7) is 10.2. The van der Waals surface area contributed by atoms with Gasteiger partial charge in [-0.15, -0.1) is 0 Å². The normalized spacial score (nSPS) is 11.4. The van der Waals surface area contributed by atoms with Crippen molar-refractivity contribution in [2.75, 3.05) is 5.73 Å². The Morgan fingerprint density at radius 3 is 2.40 bits per heavy atom. The van der Waals surface area contributed by atoms with Crippen LogP contribution in [0.2, 0.25) is 0 Å². The van der Waals surface area contributed by atoms with Gasteiger partial charge in [0.25, 0.3) is 0 Å². The maximum absolute atomic E-state index is 5.88. The van der Waals surface area contributed by atoms with E-state index in [-0.39, 0.29) is 5.41 Å². The molecular weight excluding hydrogens is 250 g/mol. The summed E-state index contributed by atoms with van der Waals surface area (Å²) in [7, 11) is 0. The second-order valence-corrected chi connectivity index (χ2v) is 6.08. The van der Waals surface area contributed by atoms with Crippen LogP contribution in [0.5, 0.6) is 11.6 Å². The van der Waals surface area contributed by atoms with Crippen LogP contribution in [-0.4, -0.2) is 9.97 Å². The lowest BCUT2D eigenvalue weighted by molar-refractivity contribution is 0.443. The molecule has 0 bridgehead atoms. The molecule has 0 aliphatic heterocycles. The highest BCUT2D eigenvalue weighted by atomic mass is 16.5. The molecule has 0 saturated heterocycles. The Bertz CT molecular complexity index is 630. The Kier molecular flexibility index (Phi) is 3.66. The maximum atomic E-state index is 5.88. The molecule has 106 valence electrons. The van der Waals surface area contributed by atoms with Gasteiger partial charge in [0.05, 0.1) is 0 Å². The van der Waals surface area contributed by atoms with E-state index in [0.29, 0.717) is 17.5 Å². The predicted octanol–water partition coefficient (Wildman–Crippen LogP) is 3.77. The molecule has 20 heavy (non-hydrogen) atoms. The van der Waals surface area contributed by atoms with Crippen molar-refractivity contribution < 1.29 is 4.74 Å². The van der Waals surface area contributed by atoms with E-state index in [1.807, 2.05) is 46.8 Å². The summed E-state index contributed by atoms with van der Waals surface area (Å²) < 4.78 is 5.88. The molecule has 0 aliphatic carbocycles. The fourth-order valence-corrected chi connectivity index (χ4v) is 1.76. The molecule has 0 saturated carbocycles.